The van der Waals surface area contributed by atoms with Gasteiger partial charge in [0.25, 0.3) is 11.7 Å². The lowest BCUT2D eigenvalue weighted by molar-refractivity contribution is -0.140. The lowest BCUT2D eigenvalue weighted by atomic mass is 9.85. The van der Waals surface area contributed by atoms with Gasteiger partial charge < -0.3 is 14.7 Å². The first-order valence-corrected chi connectivity index (χ1v) is 12.1. The molecule has 1 aliphatic rings. The molecule has 186 valence electrons. The number of amides is 1. The van der Waals surface area contributed by atoms with E-state index in [0.29, 0.717) is 17.9 Å². The number of carbonyl (C=O) groups is 2. The Kier molecular flexibility index (Phi) is 6.97. The molecule has 1 atom stereocenters. The Balaban J connectivity index is 1.84. The number of hydrogen-bond donors (Lipinski definition) is 1. The van der Waals surface area contributed by atoms with Gasteiger partial charge in [-0.1, -0.05) is 51.1 Å². The van der Waals surface area contributed by atoms with Crippen molar-refractivity contribution in [2.75, 3.05) is 6.61 Å². The summed E-state index contributed by atoms with van der Waals surface area (Å²) in [5.74, 6) is -0.834. The van der Waals surface area contributed by atoms with Gasteiger partial charge in [-0.25, -0.2) is 0 Å². The van der Waals surface area contributed by atoms with Crippen molar-refractivity contribution >= 4 is 17.4 Å². The number of carbonyl (C=O) groups excluding carboxylic acids is 2. The number of pyridine rings is 1. The van der Waals surface area contributed by atoms with Crippen LogP contribution in [0.5, 0.6) is 5.75 Å². The Morgan fingerprint density at radius 3 is 2.39 bits per heavy atom. The first-order valence-electron chi connectivity index (χ1n) is 12.1. The van der Waals surface area contributed by atoms with Crippen molar-refractivity contribution in [1.29, 1.82) is 0 Å². The third kappa shape index (κ3) is 4.89. The molecule has 1 aromatic heterocycles. The Morgan fingerprint density at radius 2 is 1.81 bits per heavy atom. The van der Waals surface area contributed by atoms with E-state index in [0.717, 1.165) is 22.3 Å². The summed E-state index contributed by atoms with van der Waals surface area (Å²) in [5.41, 5.74) is 4.02. The fourth-order valence-electron chi connectivity index (χ4n) is 4.51. The van der Waals surface area contributed by atoms with Crippen LogP contribution in [0.25, 0.3) is 5.76 Å². The molecular weight excluding hydrogens is 452 g/mol. The molecule has 2 heterocycles. The van der Waals surface area contributed by atoms with Crippen LogP contribution in [0.15, 0.2) is 72.6 Å². The molecule has 1 aliphatic heterocycles. The molecule has 6 heteroatoms. The standard InChI is InChI=1S/C30H32N2O4/c1-6-36-24-14-11-22(16-19(24)2)27(33)25-26(21-9-12-23(13-10-21)30(3,4)5)32(29(35)28(25)34)18-20-8-7-15-31-17-20/h7-17,26,33H,6,18H2,1-5H3/b27-25+. The Labute approximate surface area is 212 Å². The van der Waals surface area contributed by atoms with Gasteiger partial charge in [0, 0.05) is 24.5 Å². The topological polar surface area (TPSA) is 79.7 Å². The highest BCUT2D eigenvalue weighted by Crippen LogP contribution is 2.41. The summed E-state index contributed by atoms with van der Waals surface area (Å²) in [6.45, 7) is 10.9. The molecule has 1 N–H and O–H groups in total. The predicted octanol–water partition coefficient (Wildman–Crippen LogP) is 5.71. The molecular formula is C30H32N2O4. The van der Waals surface area contributed by atoms with Crippen LogP contribution in [-0.4, -0.2) is 33.3 Å². The van der Waals surface area contributed by atoms with E-state index in [1.54, 1.807) is 36.7 Å². The number of aliphatic hydroxyl groups is 1. The van der Waals surface area contributed by atoms with Crippen LogP contribution >= 0.6 is 0 Å². The third-order valence-corrected chi connectivity index (χ3v) is 6.46. The summed E-state index contributed by atoms with van der Waals surface area (Å²) in [4.78, 5) is 32.3. The Morgan fingerprint density at radius 1 is 1.08 bits per heavy atom. The van der Waals surface area contributed by atoms with Crippen molar-refractivity contribution in [3.8, 4) is 5.75 Å². The number of nitrogens with zero attached hydrogens (tertiary/aromatic N) is 2. The van der Waals surface area contributed by atoms with E-state index in [1.807, 2.05) is 44.2 Å². The van der Waals surface area contributed by atoms with Crippen LogP contribution in [0.4, 0.5) is 0 Å². The summed E-state index contributed by atoms with van der Waals surface area (Å²) < 4.78 is 5.61. The Bertz CT molecular complexity index is 1310. The predicted molar refractivity (Wildman–Crippen MR) is 140 cm³/mol. The van der Waals surface area contributed by atoms with Gasteiger partial charge in [-0.3, -0.25) is 14.6 Å². The Hall–Kier alpha value is -3.93. The number of aryl methyl sites for hydroxylation is 1. The fourth-order valence-corrected chi connectivity index (χ4v) is 4.51. The molecule has 2 aromatic carbocycles. The minimum absolute atomic E-state index is 0.0458. The molecule has 0 bridgehead atoms. The number of aliphatic hydroxyl groups excluding tert-OH is 1. The largest absolute Gasteiger partial charge is 0.507 e. The van der Waals surface area contributed by atoms with Crippen LogP contribution in [-0.2, 0) is 21.5 Å². The molecule has 0 radical (unpaired) electrons. The SMILES string of the molecule is CCOc1ccc(/C(O)=C2\C(=O)C(=O)N(Cc3cccnc3)C2c2ccc(C(C)(C)C)cc2)cc1C. The minimum Gasteiger partial charge on any atom is -0.507 e. The maximum Gasteiger partial charge on any atom is 0.295 e. The van der Waals surface area contributed by atoms with E-state index < -0.39 is 17.7 Å². The molecule has 0 spiro atoms. The average molecular weight is 485 g/mol. The maximum atomic E-state index is 13.3. The van der Waals surface area contributed by atoms with Crippen molar-refractivity contribution in [2.24, 2.45) is 0 Å². The first kappa shape index (κ1) is 25.2. The minimum atomic E-state index is -0.730. The highest BCUT2D eigenvalue weighted by Gasteiger charge is 2.46. The van der Waals surface area contributed by atoms with E-state index in [2.05, 4.69) is 25.8 Å². The van der Waals surface area contributed by atoms with Crippen molar-refractivity contribution in [2.45, 2.75) is 52.6 Å². The van der Waals surface area contributed by atoms with E-state index in [4.69, 9.17) is 4.74 Å². The van der Waals surface area contributed by atoms with Gasteiger partial charge >= 0.3 is 0 Å². The first-order chi connectivity index (χ1) is 17.1. The molecule has 1 fully saturated rings. The van der Waals surface area contributed by atoms with Crippen LogP contribution in [0, 0.1) is 6.92 Å². The second kappa shape index (κ2) is 9.97. The number of Topliss-reactive ketones (excluding diaryl/α,β-unsaturated/α-hetero) is 1. The number of benzene rings is 2. The van der Waals surface area contributed by atoms with E-state index in [-0.39, 0.29) is 23.3 Å². The van der Waals surface area contributed by atoms with Crippen LogP contribution < -0.4 is 4.74 Å². The smallest absolute Gasteiger partial charge is 0.295 e. The molecule has 1 unspecified atom stereocenters. The summed E-state index contributed by atoms with van der Waals surface area (Å²) in [5, 5.41) is 11.4. The number of ketones is 1. The normalized spacial score (nSPS) is 17.5. The van der Waals surface area contributed by atoms with E-state index >= 15 is 0 Å². The summed E-state index contributed by atoms with van der Waals surface area (Å²) >= 11 is 0. The monoisotopic (exact) mass is 484 g/mol. The van der Waals surface area contributed by atoms with Crippen molar-refractivity contribution in [1.82, 2.24) is 9.88 Å². The number of hydrogen-bond acceptors (Lipinski definition) is 5. The number of rotatable bonds is 6. The quantitative estimate of drug-likeness (QED) is 0.275. The molecule has 1 saturated heterocycles. The third-order valence-electron chi connectivity index (χ3n) is 6.46. The van der Waals surface area contributed by atoms with Crippen molar-refractivity contribution in [3.63, 3.8) is 0 Å². The number of aromatic nitrogens is 1. The van der Waals surface area contributed by atoms with Gasteiger partial charge in [-0.2, -0.15) is 0 Å². The molecule has 36 heavy (non-hydrogen) atoms. The van der Waals surface area contributed by atoms with Gasteiger partial charge in [0.15, 0.2) is 0 Å². The highest BCUT2D eigenvalue weighted by molar-refractivity contribution is 6.46. The van der Waals surface area contributed by atoms with Crippen LogP contribution in [0.1, 0.15) is 61.6 Å². The van der Waals surface area contributed by atoms with Gasteiger partial charge in [0.2, 0.25) is 0 Å². The average Bonchev–Trinajstić information content (AvgIpc) is 3.10. The molecule has 4 rings (SSSR count). The molecule has 3 aromatic rings. The summed E-state index contributed by atoms with van der Waals surface area (Å²) in [7, 11) is 0. The number of ether oxygens (including phenoxy) is 1. The summed E-state index contributed by atoms with van der Waals surface area (Å²) in [6.07, 6.45) is 3.34. The lowest BCUT2D eigenvalue weighted by Gasteiger charge is -2.26. The van der Waals surface area contributed by atoms with Gasteiger partial charge in [0.05, 0.1) is 18.2 Å². The second-order valence-corrected chi connectivity index (χ2v) is 10.1. The van der Waals surface area contributed by atoms with E-state index in [1.165, 1.54) is 4.90 Å². The van der Waals surface area contributed by atoms with Crippen LogP contribution in [0.3, 0.4) is 0 Å². The van der Waals surface area contributed by atoms with Crippen molar-refractivity contribution in [3.05, 3.63) is 100 Å². The zero-order valence-corrected chi connectivity index (χ0v) is 21.4. The highest BCUT2D eigenvalue weighted by atomic mass is 16.5. The van der Waals surface area contributed by atoms with Gasteiger partial charge in [-0.05, 0) is 65.8 Å². The zero-order chi connectivity index (χ0) is 26.0. The molecule has 0 saturated carbocycles. The molecule has 0 aliphatic carbocycles. The van der Waals surface area contributed by atoms with Crippen molar-refractivity contribution < 1.29 is 19.4 Å². The maximum absolute atomic E-state index is 13.3. The molecule has 6 nitrogen and oxygen atoms in total. The zero-order valence-electron chi connectivity index (χ0n) is 21.4. The summed E-state index contributed by atoms with van der Waals surface area (Å²) in [6, 6.07) is 16.1. The second-order valence-electron chi connectivity index (χ2n) is 10.1. The fraction of sp³-hybridized carbons (Fsp3) is 0.300. The molecule has 1 amide bonds. The van der Waals surface area contributed by atoms with Gasteiger partial charge in [-0.15, -0.1) is 0 Å². The van der Waals surface area contributed by atoms with Gasteiger partial charge in [0.1, 0.15) is 11.5 Å². The lowest BCUT2D eigenvalue weighted by Crippen LogP contribution is -2.29. The van der Waals surface area contributed by atoms with Crippen LogP contribution in [0.2, 0.25) is 0 Å². The number of likely N-dealkylation sites (tertiary alicyclic amines) is 1. The van der Waals surface area contributed by atoms with E-state index in [9.17, 15) is 14.7 Å².